The van der Waals surface area contributed by atoms with Gasteiger partial charge in [0.05, 0.1) is 12.5 Å². The number of ether oxygens (including phenoxy) is 1. The summed E-state index contributed by atoms with van der Waals surface area (Å²) in [4.78, 5) is 22.9. The molecule has 0 fully saturated rings. The van der Waals surface area contributed by atoms with E-state index in [1.165, 1.54) is 24.3 Å². The molecule has 2 amide bonds. The number of hydrogen-bond donors (Lipinski definition) is 2. The van der Waals surface area contributed by atoms with Crippen LogP contribution in [0.4, 0.5) is 23.7 Å². The molecule has 1 aromatic carbocycles. The average molecular weight is 346 g/mol. The van der Waals surface area contributed by atoms with Crippen molar-refractivity contribution in [3.63, 3.8) is 0 Å². The molecule has 0 aliphatic carbocycles. The summed E-state index contributed by atoms with van der Waals surface area (Å²) in [5, 5.41) is 4.72. The lowest BCUT2D eigenvalue weighted by Gasteiger charge is -2.22. The van der Waals surface area contributed by atoms with Crippen LogP contribution in [0.5, 0.6) is 0 Å². The Morgan fingerprint density at radius 1 is 1.21 bits per heavy atom. The molecule has 1 rings (SSSR count). The highest BCUT2D eigenvalue weighted by Gasteiger charge is 2.33. The Kier molecular flexibility index (Phi) is 6.22. The van der Waals surface area contributed by atoms with E-state index in [-0.39, 0.29) is 11.3 Å². The standard InChI is InChI=1S/C16H21F3N2O3/c1-10(22)20-13(9-16(17,18)19)11-6-5-7-12(8-11)21-14(23)24-15(2,3)4/h5-8,13H,9H2,1-4H3,(H,20,22)(H,21,23). The fraction of sp³-hybridized carbons (Fsp3) is 0.500. The van der Waals surface area contributed by atoms with Crippen molar-refractivity contribution in [2.24, 2.45) is 0 Å². The van der Waals surface area contributed by atoms with Gasteiger partial charge >= 0.3 is 12.3 Å². The van der Waals surface area contributed by atoms with Gasteiger partial charge in [0.15, 0.2) is 0 Å². The Morgan fingerprint density at radius 2 is 1.83 bits per heavy atom. The second kappa shape index (κ2) is 7.55. The number of anilines is 1. The van der Waals surface area contributed by atoms with Gasteiger partial charge in [0.25, 0.3) is 0 Å². The maximum absolute atomic E-state index is 12.7. The van der Waals surface area contributed by atoms with Crippen molar-refractivity contribution in [2.75, 3.05) is 5.32 Å². The van der Waals surface area contributed by atoms with Crippen LogP contribution in [0.25, 0.3) is 0 Å². The minimum atomic E-state index is -4.44. The van der Waals surface area contributed by atoms with E-state index in [9.17, 15) is 22.8 Å². The van der Waals surface area contributed by atoms with Gasteiger partial charge in [-0.3, -0.25) is 10.1 Å². The maximum atomic E-state index is 12.7. The van der Waals surface area contributed by atoms with Gasteiger partial charge in [0, 0.05) is 12.6 Å². The van der Waals surface area contributed by atoms with Gasteiger partial charge in [-0.05, 0) is 38.5 Å². The second-order valence-electron chi connectivity index (χ2n) is 6.32. The van der Waals surface area contributed by atoms with Crippen molar-refractivity contribution < 1.29 is 27.5 Å². The third-order valence-electron chi connectivity index (χ3n) is 2.75. The Hall–Kier alpha value is -2.25. The largest absolute Gasteiger partial charge is 0.444 e. The van der Waals surface area contributed by atoms with Crippen molar-refractivity contribution >= 4 is 17.7 Å². The van der Waals surface area contributed by atoms with E-state index >= 15 is 0 Å². The van der Waals surface area contributed by atoms with E-state index in [1.54, 1.807) is 20.8 Å². The Bertz CT molecular complexity index is 595. The third-order valence-corrected chi connectivity index (χ3v) is 2.75. The molecule has 0 radical (unpaired) electrons. The quantitative estimate of drug-likeness (QED) is 0.860. The third kappa shape index (κ3) is 7.85. The summed E-state index contributed by atoms with van der Waals surface area (Å²) in [5.74, 6) is -0.574. The smallest absolute Gasteiger partial charge is 0.412 e. The molecule has 0 saturated heterocycles. The Morgan fingerprint density at radius 3 is 2.33 bits per heavy atom. The minimum Gasteiger partial charge on any atom is -0.444 e. The molecule has 0 bridgehead atoms. The predicted molar refractivity (Wildman–Crippen MR) is 83.5 cm³/mol. The molecule has 0 spiro atoms. The first-order valence-electron chi connectivity index (χ1n) is 7.29. The zero-order valence-corrected chi connectivity index (χ0v) is 14.0. The Balaban J connectivity index is 2.94. The number of amides is 2. The summed E-state index contributed by atoms with van der Waals surface area (Å²) in [6.07, 6.45) is -6.36. The van der Waals surface area contributed by atoms with Crippen LogP contribution in [0, 0.1) is 0 Å². The molecule has 24 heavy (non-hydrogen) atoms. The van der Waals surface area contributed by atoms with Gasteiger partial charge in [-0.15, -0.1) is 0 Å². The van der Waals surface area contributed by atoms with Crippen LogP contribution in [0.1, 0.15) is 45.7 Å². The topological polar surface area (TPSA) is 67.4 Å². The highest BCUT2D eigenvalue weighted by Crippen LogP contribution is 2.30. The molecule has 0 saturated carbocycles. The molecule has 2 N–H and O–H groups in total. The highest BCUT2D eigenvalue weighted by molar-refractivity contribution is 5.85. The highest BCUT2D eigenvalue weighted by atomic mass is 19.4. The lowest BCUT2D eigenvalue weighted by atomic mass is 10.0. The molecule has 1 unspecified atom stereocenters. The first-order chi connectivity index (χ1) is 10.9. The van der Waals surface area contributed by atoms with Gasteiger partial charge in [0.2, 0.25) is 5.91 Å². The number of rotatable bonds is 4. The summed E-state index contributed by atoms with van der Waals surface area (Å²) in [5.41, 5.74) is -0.188. The summed E-state index contributed by atoms with van der Waals surface area (Å²) in [6.45, 7) is 6.23. The molecule has 1 aromatic rings. The van der Waals surface area contributed by atoms with Gasteiger partial charge in [-0.2, -0.15) is 13.2 Å². The first kappa shape index (κ1) is 19.8. The van der Waals surface area contributed by atoms with E-state index in [1.807, 2.05) is 0 Å². The van der Waals surface area contributed by atoms with Crippen molar-refractivity contribution in [2.45, 2.75) is 51.9 Å². The number of alkyl halides is 3. The molecule has 0 aromatic heterocycles. The fourth-order valence-corrected chi connectivity index (χ4v) is 1.98. The zero-order chi connectivity index (χ0) is 18.5. The van der Waals surface area contributed by atoms with Crippen molar-refractivity contribution in [3.05, 3.63) is 29.8 Å². The number of benzene rings is 1. The van der Waals surface area contributed by atoms with Crippen molar-refractivity contribution in [1.82, 2.24) is 5.32 Å². The predicted octanol–water partition coefficient (Wildman–Crippen LogP) is 4.16. The molecule has 8 heteroatoms. The van der Waals surface area contributed by atoms with Gasteiger partial charge in [-0.25, -0.2) is 4.79 Å². The monoisotopic (exact) mass is 346 g/mol. The molecular formula is C16H21F3N2O3. The Labute approximate surface area is 138 Å². The molecule has 0 heterocycles. The molecule has 0 aliphatic heterocycles. The van der Waals surface area contributed by atoms with Gasteiger partial charge in [-0.1, -0.05) is 12.1 Å². The minimum absolute atomic E-state index is 0.232. The van der Waals surface area contributed by atoms with E-state index < -0.39 is 36.2 Å². The molecule has 134 valence electrons. The van der Waals surface area contributed by atoms with Crippen molar-refractivity contribution in [1.29, 1.82) is 0 Å². The number of carbonyl (C=O) groups excluding carboxylic acids is 2. The first-order valence-corrected chi connectivity index (χ1v) is 7.29. The van der Waals surface area contributed by atoms with Crippen LogP contribution in [0.15, 0.2) is 24.3 Å². The summed E-state index contributed by atoms with van der Waals surface area (Å²) in [6, 6.07) is 4.60. The lowest BCUT2D eigenvalue weighted by molar-refractivity contribution is -0.142. The number of carbonyl (C=O) groups is 2. The summed E-state index contributed by atoms with van der Waals surface area (Å²) < 4.78 is 43.2. The number of halogens is 3. The fourth-order valence-electron chi connectivity index (χ4n) is 1.98. The van der Waals surface area contributed by atoms with E-state index in [0.717, 1.165) is 6.92 Å². The molecular weight excluding hydrogens is 325 g/mol. The normalized spacial score (nSPS) is 13.1. The number of nitrogens with one attached hydrogen (secondary N) is 2. The summed E-state index contributed by atoms with van der Waals surface area (Å²) in [7, 11) is 0. The SMILES string of the molecule is CC(=O)NC(CC(F)(F)F)c1cccc(NC(=O)OC(C)(C)C)c1. The molecule has 0 aliphatic rings. The zero-order valence-electron chi connectivity index (χ0n) is 14.0. The van der Waals surface area contributed by atoms with Crippen molar-refractivity contribution in [3.8, 4) is 0 Å². The van der Waals surface area contributed by atoms with Crippen LogP contribution in [0.3, 0.4) is 0 Å². The second-order valence-corrected chi connectivity index (χ2v) is 6.32. The van der Waals surface area contributed by atoms with E-state index in [4.69, 9.17) is 4.74 Å². The lowest BCUT2D eigenvalue weighted by Crippen LogP contribution is -2.30. The van der Waals surface area contributed by atoms with Crippen LogP contribution in [-0.2, 0) is 9.53 Å². The van der Waals surface area contributed by atoms with Crippen LogP contribution in [-0.4, -0.2) is 23.8 Å². The maximum Gasteiger partial charge on any atom is 0.412 e. The van der Waals surface area contributed by atoms with Gasteiger partial charge < -0.3 is 10.1 Å². The molecule has 1 atom stereocenters. The van der Waals surface area contributed by atoms with Gasteiger partial charge in [0.1, 0.15) is 5.60 Å². The van der Waals surface area contributed by atoms with Crippen LogP contribution in [0.2, 0.25) is 0 Å². The average Bonchev–Trinajstić information content (AvgIpc) is 2.33. The van der Waals surface area contributed by atoms with Crippen LogP contribution >= 0.6 is 0 Å². The molecule has 5 nitrogen and oxygen atoms in total. The van der Waals surface area contributed by atoms with E-state index in [0.29, 0.717) is 0 Å². The van der Waals surface area contributed by atoms with E-state index in [2.05, 4.69) is 10.6 Å². The number of hydrogen-bond acceptors (Lipinski definition) is 3. The summed E-state index contributed by atoms with van der Waals surface area (Å²) >= 11 is 0. The van der Waals surface area contributed by atoms with Crippen LogP contribution < -0.4 is 10.6 Å².